The third kappa shape index (κ3) is 3.57. The van der Waals surface area contributed by atoms with Gasteiger partial charge in [0.2, 0.25) is 5.12 Å². The molecule has 0 aliphatic carbocycles. The molecule has 0 spiro atoms. The molecule has 0 radical (unpaired) electrons. The molecule has 0 saturated carbocycles. The van der Waals surface area contributed by atoms with Crippen molar-refractivity contribution in [1.29, 1.82) is 0 Å². The van der Waals surface area contributed by atoms with E-state index < -0.39 is 4.92 Å². The van der Waals surface area contributed by atoms with Crippen LogP contribution in [0.25, 0.3) is 10.8 Å². The predicted octanol–water partition coefficient (Wildman–Crippen LogP) is 4.82. The zero-order valence-corrected chi connectivity index (χ0v) is 13.0. The summed E-state index contributed by atoms with van der Waals surface area (Å²) in [4.78, 5) is 22.5. The molecule has 4 nitrogen and oxygen atoms in total. The number of nitro groups is 1. The number of hydrogen-bond donors (Lipinski definition) is 0. The molecule has 0 aromatic heterocycles. The maximum Gasteiger partial charge on any atom is 0.269 e. The number of thioether (sulfide) groups is 1. The van der Waals surface area contributed by atoms with E-state index in [1.807, 2.05) is 42.5 Å². The van der Waals surface area contributed by atoms with Crippen LogP contribution in [0.3, 0.4) is 0 Å². The maximum atomic E-state index is 12.3. The van der Waals surface area contributed by atoms with E-state index in [0.717, 1.165) is 16.3 Å². The number of benzene rings is 3. The summed E-state index contributed by atoms with van der Waals surface area (Å²) in [5.41, 5.74) is 1.60. The Morgan fingerprint density at radius 1 is 0.957 bits per heavy atom. The van der Waals surface area contributed by atoms with Crippen molar-refractivity contribution in [2.75, 3.05) is 0 Å². The Balaban J connectivity index is 1.69. The van der Waals surface area contributed by atoms with Gasteiger partial charge in [-0.2, -0.15) is 0 Å². The summed E-state index contributed by atoms with van der Waals surface area (Å²) in [6.07, 6.45) is 0. The lowest BCUT2D eigenvalue weighted by Crippen LogP contribution is -1.95. The summed E-state index contributed by atoms with van der Waals surface area (Å²) in [7, 11) is 0. The standard InChI is InChI=1S/C18H13NO3S/c20-18(16-8-7-14-3-1-2-4-15(14)11-16)23-12-13-5-9-17(10-6-13)19(21)22/h1-11H,12H2. The fourth-order valence-corrected chi connectivity index (χ4v) is 3.05. The van der Waals surface area contributed by atoms with Crippen molar-refractivity contribution in [2.45, 2.75) is 5.75 Å². The van der Waals surface area contributed by atoms with Crippen molar-refractivity contribution < 1.29 is 9.72 Å². The molecule has 23 heavy (non-hydrogen) atoms. The second kappa shape index (κ2) is 6.62. The highest BCUT2D eigenvalue weighted by Crippen LogP contribution is 2.22. The molecule has 0 aliphatic rings. The van der Waals surface area contributed by atoms with Gasteiger partial charge in [0, 0.05) is 23.4 Å². The maximum absolute atomic E-state index is 12.3. The number of nitrogens with zero attached hydrogens (tertiary/aromatic N) is 1. The molecule has 0 heterocycles. The van der Waals surface area contributed by atoms with E-state index in [1.165, 1.54) is 23.9 Å². The third-order valence-corrected chi connectivity index (χ3v) is 4.48. The second-order valence-electron chi connectivity index (χ2n) is 5.06. The van der Waals surface area contributed by atoms with Gasteiger partial charge in [-0.25, -0.2) is 0 Å². The topological polar surface area (TPSA) is 60.2 Å². The summed E-state index contributed by atoms with van der Waals surface area (Å²) in [5, 5.41) is 12.7. The summed E-state index contributed by atoms with van der Waals surface area (Å²) >= 11 is 1.20. The van der Waals surface area contributed by atoms with Crippen molar-refractivity contribution in [3.8, 4) is 0 Å². The number of carbonyl (C=O) groups is 1. The van der Waals surface area contributed by atoms with Crippen molar-refractivity contribution in [3.05, 3.63) is 88.0 Å². The van der Waals surface area contributed by atoms with Gasteiger partial charge in [0.05, 0.1) is 4.92 Å². The van der Waals surface area contributed by atoms with Gasteiger partial charge >= 0.3 is 0 Å². The summed E-state index contributed by atoms with van der Waals surface area (Å²) in [6.45, 7) is 0. The summed E-state index contributed by atoms with van der Waals surface area (Å²) in [6, 6.07) is 19.8. The number of nitro benzene ring substituents is 1. The van der Waals surface area contributed by atoms with Crippen LogP contribution in [0.5, 0.6) is 0 Å². The molecular formula is C18H13NO3S. The molecule has 0 bridgehead atoms. The number of non-ortho nitro benzene ring substituents is 1. The largest absolute Gasteiger partial charge is 0.282 e. The average Bonchev–Trinajstić information content (AvgIpc) is 2.59. The lowest BCUT2D eigenvalue weighted by atomic mass is 10.1. The van der Waals surface area contributed by atoms with Crippen LogP contribution in [0.2, 0.25) is 0 Å². The molecule has 3 rings (SSSR count). The lowest BCUT2D eigenvalue weighted by molar-refractivity contribution is -0.384. The summed E-state index contributed by atoms with van der Waals surface area (Å²) < 4.78 is 0. The molecule has 0 saturated heterocycles. The van der Waals surface area contributed by atoms with Crippen molar-refractivity contribution >= 4 is 33.3 Å². The fourth-order valence-electron chi connectivity index (χ4n) is 2.26. The van der Waals surface area contributed by atoms with E-state index in [0.29, 0.717) is 11.3 Å². The zero-order chi connectivity index (χ0) is 16.2. The monoisotopic (exact) mass is 323 g/mol. The number of carbonyl (C=O) groups excluding carboxylic acids is 1. The van der Waals surface area contributed by atoms with Crippen LogP contribution in [0, 0.1) is 10.1 Å². The molecule has 0 fully saturated rings. The van der Waals surface area contributed by atoms with Gasteiger partial charge in [0.15, 0.2) is 0 Å². The number of hydrogen-bond acceptors (Lipinski definition) is 4. The molecule has 0 atom stereocenters. The van der Waals surface area contributed by atoms with Crippen molar-refractivity contribution in [3.63, 3.8) is 0 Å². The normalized spacial score (nSPS) is 10.6. The molecule has 3 aromatic carbocycles. The van der Waals surface area contributed by atoms with Gasteiger partial charge in [0.1, 0.15) is 0 Å². The average molecular weight is 323 g/mol. The Labute approximate surface area is 137 Å². The first-order valence-electron chi connectivity index (χ1n) is 7.03. The fraction of sp³-hybridized carbons (Fsp3) is 0.0556. The van der Waals surface area contributed by atoms with E-state index in [4.69, 9.17) is 0 Å². The van der Waals surface area contributed by atoms with E-state index >= 15 is 0 Å². The minimum atomic E-state index is -0.433. The summed E-state index contributed by atoms with van der Waals surface area (Å²) in [5.74, 6) is 0.490. The molecule has 0 N–H and O–H groups in total. The Morgan fingerprint density at radius 2 is 1.65 bits per heavy atom. The van der Waals surface area contributed by atoms with Gasteiger partial charge < -0.3 is 0 Å². The molecule has 0 amide bonds. The highest BCUT2D eigenvalue weighted by Gasteiger charge is 2.09. The van der Waals surface area contributed by atoms with E-state index in [2.05, 4.69) is 0 Å². The van der Waals surface area contributed by atoms with Crippen LogP contribution in [0.1, 0.15) is 15.9 Å². The van der Waals surface area contributed by atoms with Gasteiger partial charge in [-0.05, 0) is 28.5 Å². The molecule has 5 heteroatoms. The first-order chi connectivity index (χ1) is 11.1. The molecule has 114 valence electrons. The van der Waals surface area contributed by atoms with E-state index in [9.17, 15) is 14.9 Å². The Kier molecular flexibility index (Phi) is 4.39. The van der Waals surface area contributed by atoms with Crippen LogP contribution >= 0.6 is 11.8 Å². The smallest absolute Gasteiger partial charge is 0.269 e. The van der Waals surface area contributed by atoms with Crippen LogP contribution in [0.4, 0.5) is 5.69 Å². The van der Waals surface area contributed by atoms with Crippen LogP contribution in [0.15, 0.2) is 66.7 Å². The second-order valence-corrected chi connectivity index (χ2v) is 6.01. The molecule has 0 aliphatic heterocycles. The van der Waals surface area contributed by atoms with E-state index in [1.54, 1.807) is 12.1 Å². The number of fused-ring (bicyclic) bond motifs is 1. The van der Waals surface area contributed by atoms with Crippen LogP contribution < -0.4 is 0 Å². The Morgan fingerprint density at radius 3 is 2.35 bits per heavy atom. The quantitative estimate of drug-likeness (QED) is 0.510. The Hall–Kier alpha value is -2.66. The highest BCUT2D eigenvalue weighted by atomic mass is 32.2. The molecule has 0 unspecified atom stereocenters. The van der Waals surface area contributed by atoms with Crippen LogP contribution in [-0.2, 0) is 5.75 Å². The minimum absolute atomic E-state index is 0.00546. The third-order valence-electron chi connectivity index (χ3n) is 3.50. The zero-order valence-electron chi connectivity index (χ0n) is 12.1. The van der Waals surface area contributed by atoms with E-state index in [-0.39, 0.29) is 10.8 Å². The SMILES string of the molecule is O=C(SCc1ccc([N+](=O)[O-])cc1)c1ccc2ccccc2c1. The van der Waals surface area contributed by atoms with Gasteiger partial charge in [0.25, 0.3) is 5.69 Å². The molecule has 3 aromatic rings. The lowest BCUT2D eigenvalue weighted by Gasteiger charge is -2.03. The molecular weight excluding hydrogens is 310 g/mol. The van der Waals surface area contributed by atoms with Gasteiger partial charge in [-0.3, -0.25) is 14.9 Å². The highest BCUT2D eigenvalue weighted by molar-refractivity contribution is 8.13. The minimum Gasteiger partial charge on any atom is -0.282 e. The number of rotatable bonds is 4. The first kappa shape index (κ1) is 15.2. The van der Waals surface area contributed by atoms with Gasteiger partial charge in [-0.15, -0.1) is 0 Å². The Bertz CT molecular complexity index is 875. The van der Waals surface area contributed by atoms with Crippen LogP contribution in [-0.4, -0.2) is 10.0 Å². The van der Waals surface area contributed by atoms with Gasteiger partial charge in [-0.1, -0.05) is 54.2 Å². The van der Waals surface area contributed by atoms with Crippen molar-refractivity contribution in [2.24, 2.45) is 0 Å². The first-order valence-corrected chi connectivity index (χ1v) is 8.01. The van der Waals surface area contributed by atoms with Crippen molar-refractivity contribution in [1.82, 2.24) is 0 Å². The predicted molar refractivity (Wildman–Crippen MR) is 92.7 cm³/mol.